The van der Waals surface area contributed by atoms with Crippen LogP contribution in [0.3, 0.4) is 0 Å². The highest BCUT2D eigenvalue weighted by Crippen LogP contribution is 2.32. The average Bonchev–Trinajstić information content (AvgIpc) is 2.85. The molecule has 0 aliphatic rings. The van der Waals surface area contributed by atoms with Gasteiger partial charge in [-0.05, 0) is 30.7 Å². The molecule has 0 unspecified atom stereocenters. The van der Waals surface area contributed by atoms with Crippen molar-refractivity contribution in [1.29, 1.82) is 0 Å². The Balaban J connectivity index is 2.24. The van der Waals surface area contributed by atoms with E-state index in [2.05, 4.69) is 10.6 Å². The summed E-state index contributed by atoms with van der Waals surface area (Å²) in [6.45, 7) is 3.11. The summed E-state index contributed by atoms with van der Waals surface area (Å²) in [6.07, 6.45) is 0. The number of rotatable bonds is 4. The van der Waals surface area contributed by atoms with Gasteiger partial charge in [-0.3, -0.25) is 0 Å². The lowest BCUT2D eigenvalue weighted by Crippen LogP contribution is -1.98. The molecule has 0 atom stereocenters. The van der Waals surface area contributed by atoms with Crippen LogP contribution in [-0.2, 0) is 13.6 Å². The summed E-state index contributed by atoms with van der Waals surface area (Å²) in [6, 6.07) is 14.1. The molecule has 0 spiro atoms. The van der Waals surface area contributed by atoms with Crippen LogP contribution in [0.2, 0.25) is 0 Å². The zero-order valence-corrected chi connectivity index (χ0v) is 12.3. The predicted molar refractivity (Wildman–Crippen MR) is 85.2 cm³/mol. The lowest BCUT2D eigenvalue weighted by atomic mass is 10.2. The topological polar surface area (TPSA) is 53.1 Å². The van der Waals surface area contributed by atoms with E-state index in [1.807, 2.05) is 50.4 Å². The van der Waals surface area contributed by atoms with Crippen molar-refractivity contribution in [3.05, 3.63) is 48.0 Å². The first-order valence-corrected chi connectivity index (χ1v) is 7.12. The van der Waals surface area contributed by atoms with E-state index >= 15 is 0 Å². The second kappa shape index (κ2) is 5.58. The van der Waals surface area contributed by atoms with E-state index in [0.717, 1.165) is 33.7 Å². The molecule has 4 nitrogen and oxygen atoms in total. The highest BCUT2D eigenvalue weighted by atomic mass is 16.5. The monoisotopic (exact) mass is 281 g/mol. The Bertz CT molecular complexity index is 777. The Hall–Kier alpha value is -2.33. The third kappa shape index (κ3) is 2.28. The standard InChI is InChI=1S/C17H19N3O/c1-3-21-15-10-5-4-8-13(15)17-19-16-12(11-18)7-6-9-14(16)20(17)2/h4-10H,3,11,18H2,1-2H3. The largest absolute Gasteiger partial charge is 0.493 e. The highest BCUT2D eigenvalue weighted by Gasteiger charge is 2.15. The van der Waals surface area contributed by atoms with Gasteiger partial charge in [-0.15, -0.1) is 0 Å². The molecule has 2 aromatic carbocycles. The number of benzene rings is 2. The van der Waals surface area contributed by atoms with Crippen LogP contribution in [0.4, 0.5) is 0 Å². The van der Waals surface area contributed by atoms with E-state index < -0.39 is 0 Å². The molecule has 0 amide bonds. The molecule has 1 heterocycles. The number of aromatic nitrogens is 2. The van der Waals surface area contributed by atoms with Crippen LogP contribution in [0.15, 0.2) is 42.5 Å². The summed E-state index contributed by atoms with van der Waals surface area (Å²) in [5.74, 6) is 1.75. The van der Waals surface area contributed by atoms with Crippen molar-refractivity contribution in [2.24, 2.45) is 12.8 Å². The van der Waals surface area contributed by atoms with E-state index in [9.17, 15) is 0 Å². The van der Waals surface area contributed by atoms with Crippen LogP contribution in [0.1, 0.15) is 12.5 Å². The first kappa shape index (κ1) is 13.6. The second-order valence-corrected chi connectivity index (χ2v) is 4.91. The Morgan fingerprint density at radius 2 is 1.95 bits per heavy atom. The lowest BCUT2D eigenvalue weighted by molar-refractivity contribution is 0.341. The summed E-state index contributed by atoms with van der Waals surface area (Å²) >= 11 is 0. The van der Waals surface area contributed by atoms with Gasteiger partial charge >= 0.3 is 0 Å². The van der Waals surface area contributed by atoms with Crippen molar-refractivity contribution < 1.29 is 4.74 Å². The van der Waals surface area contributed by atoms with Crippen molar-refractivity contribution in [3.63, 3.8) is 0 Å². The van der Waals surface area contributed by atoms with Gasteiger partial charge in [0.15, 0.2) is 0 Å². The molecule has 3 rings (SSSR count). The number of ether oxygens (including phenoxy) is 1. The molecular weight excluding hydrogens is 262 g/mol. The second-order valence-electron chi connectivity index (χ2n) is 4.91. The van der Waals surface area contributed by atoms with E-state index in [-0.39, 0.29) is 0 Å². The maximum absolute atomic E-state index is 5.82. The van der Waals surface area contributed by atoms with Gasteiger partial charge in [0.2, 0.25) is 0 Å². The Kier molecular flexibility index (Phi) is 3.62. The molecule has 0 radical (unpaired) electrons. The summed E-state index contributed by atoms with van der Waals surface area (Å²) in [4.78, 5) is 4.80. The van der Waals surface area contributed by atoms with Gasteiger partial charge in [0, 0.05) is 13.6 Å². The van der Waals surface area contributed by atoms with Crippen molar-refractivity contribution in [2.45, 2.75) is 13.5 Å². The van der Waals surface area contributed by atoms with Crippen LogP contribution in [0, 0.1) is 0 Å². The molecule has 2 N–H and O–H groups in total. The maximum atomic E-state index is 5.82. The molecular formula is C17H19N3O. The zero-order valence-electron chi connectivity index (χ0n) is 12.3. The van der Waals surface area contributed by atoms with Gasteiger partial charge in [-0.1, -0.05) is 24.3 Å². The molecule has 0 bridgehead atoms. The van der Waals surface area contributed by atoms with Crippen LogP contribution in [-0.4, -0.2) is 16.2 Å². The van der Waals surface area contributed by atoms with Crippen LogP contribution in [0.5, 0.6) is 5.75 Å². The van der Waals surface area contributed by atoms with Gasteiger partial charge in [-0.2, -0.15) is 0 Å². The van der Waals surface area contributed by atoms with Crippen LogP contribution in [0.25, 0.3) is 22.4 Å². The first-order chi connectivity index (χ1) is 10.3. The van der Waals surface area contributed by atoms with Gasteiger partial charge in [0.25, 0.3) is 0 Å². The third-order valence-electron chi connectivity index (χ3n) is 3.64. The average molecular weight is 281 g/mol. The van der Waals surface area contributed by atoms with Gasteiger partial charge in [0.1, 0.15) is 11.6 Å². The van der Waals surface area contributed by atoms with Crippen LogP contribution < -0.4 is 10.5 Å². The number of para-hydroxylation sites is 2. The van der Waals surface area contributed by atoms with E-state index in [1.54, 1.807) is 0 Å². The van der Waals surface area contributed by atoms with Crippen molar-refractivity contribution in [1.82, 2.24) is 9.55 Å². The minimum absolute atomic E-state index is 0.487. The fraction of sp³-hybridized carbons (Fsp3) is 0.235. The Morgan fingerprint density at radius 3 is 2.71 bits per heavy atom. The Morgan fingerprint density at radius 1 is 1.14 bits per heavy atom. The molecule has 1 aromatic heterocycles. The molecule has 0 aliphatic heterocycles. The van der Waals surface area contributed by atoms with E-state index in [4.69, 9.17) is 15.5 Å². The molecule has 3 aromatic rings. The first-order valence-electron chi connectivity index (χ1n) is 7.12. The zero-order chi connectivity index (χ0) is 14.8. The summed E-state index contributed by atoms with van der Waals surface area (Å²) in [7, 11) is 2.02. The smallest absolute Gasteiger partial charge is 0.144 e. The molecule has 21 heavy (non-hydrogen) atoms. The third-order valence-corrected chi connectivity index (χ3v) is 3.64. The molecule has 108 valence electrons. The predicted octanol–water partition coefficient (Wildman–Crippen LogP) is 3.10. The number of hydrogen-bond donors (Lipinski definition) is 1. The molecule has 4 heteroatoms. The highest BCUT2D eigenvalue weighted by molar-refractivity contribution is 5.84. The SMILES string of the molecule is CCOc1ccccc1-c1nc2c(CN)cccc2n1C. The lowest BCUT2D eigenvalue weighted by Gasteiger charge is -2.09. The number of nitrogens with two attached hydrogens (primary N) is 1. The fourth-order valence-electron chi connectivity index (χ4n) is 2.61. The number of nitrogens with zero attached hydrogens (tertiary/aromatic N) is 2. The Labute approximate surface area is 124 Å². The van der Waals surface area contributed by atoms with Crippen molar-refractivity contribution in [2.75, 3.05) is 6.61 Å². The number of imidazole rings is 1. The molecule has 0 saturated heterocycles. The summed E-state index contributed by atoms with van der Waals surface area (Å²) < 4.78 is 7.81. The quantitative estimate of drug-likeness (QED) is 0.799. The minimum atomic E-state index is 0.487. The number of aryl methyl sites for hydroxylation is 1. The molecule has 0 saturated carbocycles. The molecule has 0 fully saturated rings. The van der Waals surface area contributed by atoms with E-state index in [1.165, 1.54) is 0 Å². The minimum Gasteiger partial charge on any atom is -0.493 e. The van der Waals surface area contributed by atoms with Gasteiger partial charge in [-0.25, -0.2) is 4.98 Å². The number of fused-ring (bicyclic) bond motifs is 1. The van der Waals surface area contributed by atoms with Gasteiger partial charge < -0.3 is 15.0 Å². The van der Waals surface area contributed by atoms with E-state index in [0.29, 0.717) is 13.2 Å². The normalized spacial score (nSPS) is 11.0. The van der Waals surface area contributed by atoms with Crippen molar-refractivity contribution >= 4 is 11.0 Å². The molecule has 0 aliphatic carbocycles. The van der Waals surface area contributed by atoms with Crippen LogP contribution >= 0.6 is 0 Å². The van der Waals surface area contributed by atoms with Crippen molar-refractivity contribution in [3.8, 4) is 17.1 Å². The fourth-order valence-corrected chi connectivity index (χ4v) is 2.61. The summed E-state index contributed by atoms with van der Waals surface area (Å²) in [5.41, 5.74) is 9.92. The number of hydrogen-bond acceptors (Lipinski definition) is 3. The van der Waals surface area contributed by atoms with Gasteiger partial charge in [0.05, 0.1) is 23.2 Å². The summed E-state index contributed by atoms with van der Waals surface area (Å²) in [5, 5.41) is 0. The maximum Gasteiger partial charge on any atom is 0.144 e.